The molecule has 0 radical (unpaired) electrons. The average Bonchev–Trinajstić information content (AvgIpc) is 2.38. The second kappa shape index (κ2) is 6.23. The van der Waals surface area contributed by atoms with E-state index in [2.05, 4.69) is 12.2 Å². The van der Waals surface area contributed by atoms with E-state index in [9.17, 15) is 9.90 Å². The van der Waals surface area contributed by atoms with Gasteiger partial charge >= 0.3 is 0 Å². The van der Waals surface area contributed by atoms with Crippen LogP contribution >= 0.6 is 23.2 Å². The molecule has 1 aliphatic rings. The minimum Gasteiger partial charge on any atom is -0.507 e. The molecule has 1 aromatic carbocycles. The maximum absolute atomic E-state index is 12.3. The largest absolute Gasteiger partial charge is 0.507 e. The minimum absolute atomic E-state index is 0.108. The van der Waals surface area contributed by atoms with Crippen molar-refractivity contribution < 1.29 is 9.90 Å². The third kappa shape index (κ3) is 3.39. The van der Waals surface area contributed by atoms with Crippen molar-refractivity contribution in [3.05, 3.63) is 28.8 Å². The van der Waals surface area contributed by atoms with Gasteiger partial charge in [0.05, 0.1) is 11.1 Å². The van der Waals surface area contributed by atoms with Crippen molar-refractivity contribution in [1.29, 1.82) is 0 Å². The van der Waals surface area contributed by atoms with Gasteiger partial charge in [-0.15, -0.1) is 11.6 Å². The summed E-state index contributed by atoms with van der Waals surface area (Å²) < 4.78 is 0. The van der Waals surface area contributed by atoms with Crippen LogP contribution in [0.2, 0.25) is 5.02 Å². The van der Waals surface area contributed by atoms with Gasteiger partial charge in [0.1, 0.15) is 5.75 Å². The van der Waals surface area contributed by atoms with Crippen molar-refractivity contribution >= 4 is 29.1 Å². The Morgan fingerprint density at radius 1 is 1.55 bits per heavy atom. The zero-order valence-corrected chi connectivity index (χ0v) is 13.0. The van der Waals surface area contributed by atoms with Crippen molar-refractivity contribution in [3.8, 4) is 5.75 Å². The van der Waals surface area contributed by atoms with Crippen molar-refractivity contribution in [1.82, 2.24) is 5.32 Å². The molecule has 1 aliphatic carbocycles. The molecule has 1 saturated carbocycles. The first-order valence-electron chi connectivity index (χ1n) is 6.83. The van der Waals surface area contributed by atoms with Crippen LogP contribution in [-0.4, -0.2) is 22.4 Å². The molecule has 2 atom stereocenters. The number of nitrogens with one attached hydrogen (secondary N) is 1. The smallest absolute Gasteiger partial charge is 0.255 e. The molecular weight excluding hydrogens is 297 g/mol. The number of alkyl halides is 1. The molecule has 2 unspecified atom stereocenters. The van der Waals surface area contributed by atoms with E-state index < -0.39 is 0 Å². The molecule has 0 aliphatic heterocycles. The van der Waals surface area contributed by atoms with E-state index >= 15 is 0 Å². The van der Waals surface area contributed by atoms with Crippen LogP contribution in [0.3, 0.4) is 0 Å². The fourth-order valence-electron chi connectivity index (χ4n) is 2.93. The van der Waals surface area contributed by atoms with Gasteiger partial charge in [0, 0.05) is 10.9 Å². The molecule has 0 bridgehead atoms. The van der Waals surface area contributed by atoms with Crippen LogP contribution in [0.5, 0.6) is 5.75 Å². The van der Waals surface area contributed by atoms with E-state index in [1.54, 1.807) is 6.07 Å². The Labute approximate surface area is 129 Å². The van der Waals surface area contributed by atoms with Gasteiger partial charge < -0.3 is 10.4 Å². The number of carbonyl (C=O) groups is 1. The Morgan fingerprint density at radius 2 is 2.30 bits per heavy atom. The van der Waals surface area contributed by atoms with Crippen molar-refractivity contribution in [3.63, 3.8) is 0 Å². The van der Waals surface area contributed by atoms with Gasteiger partial charge in [-0.1, -0.05) is 31.4 Å². The molecule has 5 heteroatoms. The lowest BCUT2D eigenvalue weighted by molar-refractivity contribution is 0.0864. The molecule has 3 nitrogen and oxygen atoms in total. The van der Waals surface area contributed by atoms with Gasteiger partial charge in [0.15, 0.2) is 0 Å². The van der Waals surface area contributed by atoms with Crippen molar-refractivity contribution in [2.24, 2.45) is 5.92 Å². The van der Waals surface area contributed by atoms with Crippen LogP contribution in [0, 0.1) is 5.92 Å². The zero-order valence-electron chi connectivity index (χ0n) is 11.5. The first-order valence-corrected chi connectivity index (χ1v) is 7.74. The Kier molecular flexibility index (Phi) is 4.82. The lowest BCUT2D eigenvalue weighted by Gasteiger charge is -2.39. The van der Waals surface area contributed by atoms with Gasteiger partial charge in [-0.2, -0.15) is 0 Å². The van der Waals surface area contributed by atoms with Gasteiger partial charge in [-0.05, 0) is 37.0 Å². The van der Waals surface area contributed by atoms with Crippen LogP contribution in [0.15, 0.2) is 18.2 Å². The summed E-state index contributed by atoms with van der Waals surface area (Å²) >= 11 is 11.9. The molecule has 2 rings (SSSR count). The van der Waals surface area contributed by atoms with Gasteiger partial charge in [0.2, 0.25) is 0 Å². The highest BCUT2D eigenvalue weighted by Gasteiger charge is 2.36. The van der Waals surface area contributed by atoms with Crippen LogP contribution < -0.4 is 5.32 Å². The van der Waals surface area contributed by atoms with E-state index in [4.69, 9.17) is 23.2 Å². The maximum Gasteiger partial charge on any atom is 0.255 e. The molecular formula is C15H19Cl2NO2. The predicted octanol–water partition coefficient (Wildman–Crippen LogP) is 3.96. The Balaban J connectivity index is 2.16. The normalized spacial score (nSPS) is 26.2. The van der Waals surface area contributed by atoms with Crippen molar-refractivity contribution in [2.75, 3.05) is 5.88 Å². The monoisotopic (exact) mass is 315 g/mol. The standard InChI is InChI=1S/C15H19Cl2NO2/c1-10-3-2-6-15(8-10,9-16)18-14(20)12-5-4-11(17)7-13(12)19/h4-5,7,10,19H,2-3,6,8-9H2,1H3,(H,18,20). The second-order valence-electron chi connectivity index (χ2n) is 5.73. The number of amides is 1. The maximum atomic E-state index is 12.3. The molecule has 20 heavy (non-hydrogen) atoms. The van der Waals surface area contributed by atoms with Crippen LogP contribution in [0.1, 0.15) is 43.0 Å². The van der Waals surface area contributed by atoms with Crippen LogP contribution in [0.25, 0.3) is 0 Å². The topological polar surface area (TPSA) is 49.3 Å². The highest BCUT2D eigenvalue weighted by molar-refractivity contribution is 6.30. The van der Waals surface area contributed by atoms with Crippen LogP contribution in [-0.2, 0) is 0 Å². The summed E-state index contributed by atoms with van der Waals surface area (Å²) in [6.45, 7) is 2.17. The number of halogens is 2. The summed E-state index contributed by atoms with van der Waals surface area (Å²) in [5, 5.41) is 13.2. The molecule has 2 N–H and O–H groups in total. The summed E-state index contributed by atoms with van der Waals surface area (Å²) in [6.07, 6.45) is 3.97. The number of hydrogen-bond acceptors (Lipinski definition) is 2. The van der Waals surface area contributed by atoms with Gasteiger partial charge in [-0.25, -0.2) is 0 Å². The number of benzene rings is 1. The Morgan fingerprint density at radius 3 is 2.90 bits per heavy atom. The number of hydrogen-bond donors (Lipinski definition) is 2. The van der Waals surface area contributed by atoms with E-state index in [-0.39, 0.29) is 22.8 Å². The van der Waals surface area contributed by atoms with E-state index in [1.165, 1.54) is 18.6 Å². The van der Waals surface area contributed by atoms with Gasteiger partial charge in [-0.3, -0.25) is 4.79 Å². The minimum atomic E-state index is -0.373. The Bertz CT molecular complexity index is 507. The highest BCUT2D eigenvalue weighted by atomic mass is 35.5. The second-order valence-corrected chi connectivity index (χ2v) is 6.43. The fourth-order valence-corrected chi connectivity index (χ4v) is 3.41. The number of carbonyl (C=O) groups excluding carboxylic acids is 1. The Hall–Kier alpha value is -0.930. The lowest BCUT2D eigenvalue weighted by Crippen LogP contribution is -2.52. The zero-order chi connectivity index (χ0) is 14.8. The number of aromatic hydroxyl groups is 1. The third-order valence-electron chi connectivity index (χ3n) is 3.93. The molecule has 0 saturated heterocycles. The molecule has 1 fully saturated rings. The summed E-state index contributed by atoms with van der Waals surface area (Å²) in [4.78, 5) is 12.3. The molecule has 0 heterocycles. The molecule has 0 spiro atoms. The first-order chi connectivity index (χ1) is 9.46. The van der Waals surface area contributed by atoms with E-state index in [1.807, 2.05) is 0 Å². The lowest BCUT2D eigenvalue weighted by atomic mass is 9.77. The van der Waals surface area contributed by atoms with Crippen molar-refractivity contribution in [2.45, 2.75) is 38.1 Å². The third-order valence-corrected chi connectivity index (χ3v) is 4.68. The molecule has 1 aromatic rings. The number of rotatable bonds is 3. The summed E-state index contributed by atoms with van der Waals surface area (Å²) in [7, 11) is 0. The molecule has 0 aromatic heterocycles. The highest BCUT2D eigenvalue weighted by Crippen LogP contribution is 2.34. The first kappa shape index (κ1) is 15.5. The van der Waals surface area contributed by atoms with E-state index in [0.29, 0.717) is 16.8 Å². The fraction of sp³-hybridized carbons (Fsp3) is 0.533. The summed E-state index contributed by atoms with van der Waals surface area (Å²) in [5.74, 6) is 0.524. The molecule has 110 valence electrons. The van der Waals surface area contributed by atoms with Crippen LogP contribution in [0.4, 0.5) is 0 Å². The molecule has 1 amide bonds. The predicted molar refractivity (Wildman–Crippen MR) is 81.7 cm³/mol. The summed E-state index contributed by atoms with van der Waals surface area (Å²) in [5.41, 5.74) is -0.139. The quantitative estimate of drug-likeness (QED) is 0.829. The van der Waals surface area contributed by atoms with Gasteiger partial charge in [0.25, 0.3) is 5.91 Å². The average molecular weight is 316 g/mol. The SMILES string of the molecule is CC1CCCC(CCl)(NC(=O)c2ccc(Cl)cc2O)C1. The summed E-state index contributed by atoms with van der Waals surface area (Å²) in [6, 6.07) is 4.49. The number of phenols is 1. The number of phenolic OH excluding ortho intramolecular Hbond substituents is 1. The van der Waals surface area contributed by atoms with E-state index in [0.717, 1.165) is 19.3 Å².